The Morgan fingerprint density at radius 1 is 1.31 bits per heavy atom. The minimum absolute atomic E-state index is 0.0239. The smallest absolute Gasteiger partial charge is 0.249 e. The maximum atomic E-state index is 13.0. The molecule has 26 heavy (non-hydrogen) atoms. The molecule has 146 valence electrons. The van der Waals surface area contributed by atoms with Crippen LogP contribution >= 0.6 is 0 Å². The minimum Gasteiger partial charge on any atom is -0.467 e. The predicted octanol–water partition coefficient (Wildman–Crippen LogP) is 1.92. The van der Waals surface area contributed by atoms with Gasteiger partial charge in [0.15, 0.2) is 0 Å². The van der Waals surface area contributed by atoms with Crippen molar-refractivity contribution >= 4 is 11.8 Å². The molecule has 0 spiro atoms. The highest BCUT2D eigenvalue weighted by atomic mass is 16.5. The quantitative estimate of drug-likeness (QED) is 0.633. The highest BCUT2D eigenvalue weighted by molar-refractivity contribution is 5.85. The first-order valence-electron chi connectivity index (χ1n) is 9.18. The molecule has 2 heterocycles. The summed E-state index contributed by atoms with van der Waals surface area (Å²) in [5.41, 5.74) is 0. The van der Waals surface area contributed by atoms with E-state index in [1.165, 1.54) is 7.11 Å². The fourth-order valence-electron chi connectivity index (χ4n) is 3.05. The summed E-state index contributed by atoms with van der Waals surface area (Å²) in [5, 5.41) is 0. The molecule has 1 fully saturated rings. The maximum Gasteiger partial charge on any atom is 0.249 e. The molecule has 1 aromatic heterocycles. The van der Waals surface area contributed by atoms with Gasteiger partial charge >= 0.3 is 0 Å². The summed E-state index contributed by atoms with van der Waals surface area (Å²) in [6, 6.07) is 3.65. The molecule has 7 nitrogen and oxygen atoms in total. The van der Waals surface area contributed by atoms with Crippen LogP contribution in [-0.4, -0.2) is 67.7 Å². The molecular formula is C19H30N2O5. The number of hydrogen-bond acceptors (Lipinski definition) is 5. The molecule has 1 aliphatic heterocycles. The molecular weight excluding hydrogens is 336 g/mol. The molecule has 1 atom stereocenters. The highest BCUT2D eigenvalue weighted by Crippen LogP contribution is 2.16. The Morgan fingerprint density at radius 3 is 2.69 bits per heavy atom. The van der Waals surface area contributed by atoms with Gasteiger partial charge in [-0.2, -0.15) is 0 Å². The zero-order valence-corrected chi connectivity index (χ0v) is 16.0. The predicted molar refractivity (Wildman–Crippen MR) is 96.4 cm³/mol. The third kappa shape index (κ3) is 6.46. The Kier molecular flexibility index (Phi) is 8.12. The molecule has 1 aromatic rings. The van der Waals surface area contributed by atoms with Gasteiger partial charge in [-0.25, -0.2) is 0 Å². The number of hydrogen-bond donors (Lipinski definition) is 0. The summed E-state index contributed by atoms with van der Waals surface area (Å²) in [7, 11) is 1.48. The lowest BCUT2D eigenvalue weighted by Crippen LogP contribution is -2.46. The van der Waals surface area contributed by atoms with Gasteiger partial charge in [-0.3, -0.25) is 9.59 Å². The van der Waals surface area contributed by atoms with Crippen molar-refractivity contribution in [3.05, 3.63) is 24.2 Å². The number of nitrogens with zero attached hydrogens (tertiary/aromatic N) is 2. The summed E-state index contributed by atoms with van der Waals surface area (Å²) >= 11 is 0. The second kappa shape index (κ2) is 10.3. The summed E-state index contributed by atoms with van der Waals surface area (Å²) in [6.45, 7) is 6.18. The molecule has 1 aliphatic rings. The van der Waals surface area contributed by atoms with E-state index in [1.807, 2.05) is 19.9 Å². The van der Waals surface area contributed by atoms with Crippen LogP contribution in [-0.2, 0) is 25.6 Å². The summed E-state index contributed by atoms with van der Waals surface area (Å²) in [5.74, 6) is 0.696. The minimum atomic E-state index is -0.176. The summed E-state index contributed by atoms with van der Waals surface area (Å²) < 4.78 is 16.0. The van der Waals surface area contributed by atoms with Crippen LogP contribution in [0.25, 0.3) is 0 Å². The molecule has 2 rings (SSSR count). The second-order valence-electron chi connectivity index (χ2n) is 7.09. The molecule has 0 radical (unpaired) electrons. The Balaban J connectivity index is 2.04. The van der Waals surface area contributed by atoms with Gasteiger partial charge in [0.2, 0.25) is 11.8 Å². The van der Waals surface area contributed by atoms with Gasteiger partial charge < -0.3 is 23.7 Å². The molecule has 7 heteroatoms. The Hall–Kier alpha value is -1.86. The Morgan fingerprint density at radius 2 is 2.12 bits per heavy atom. The van der Waals surface area contributed by atoms with E-state index < -0.39 is 0 Å². The van der Waals surface area contributed by atoms with E-state index in [1.54, 1.807) is 22.1 Å². The summed E-state index contributed by atoms with van der Waals surface area (Å²) in [4.78, 5) is 28.5. The lowest BCUT2D eigenvalue weighted by atomic mass is 10.2. The van der Waals surface area contributed by atoms with Crippen molar-refractivity contribution in [1.82, 2.24) is 9.80 Å². The van der Waals surface area contributed by atoms with Crippen LogP contribution in [0.3, 0.4) is 0 Å². The summed E-state index contributed by atoms with van der Waals surface area (Å²) in [6.07, 6.45) is 3.60. The van der Waals surface area contributed by atoms with E-state index in [9.17, 15) is 9.59 Å². The highest BCUT2D eigenvalue weighted by Gasteiger charge is 2.26. The van der Waals surface area contributed by atoms with Crippen molar-refractivity contribution in [2.24, 2.45) is 5.92 Å². The molecule has 0 aromatic carbocycles. The second-order valence-corrected chi connectivity index (χ2v) is 7.09. The molecule has 0 unspecified atom stereocenters. The van der Waals surface area contributed by atoms with Crippen LogP contribution in [0.1, 0.15) is 32.4 Å². The van der Waals surface area contributed by atoms with Crippen LogP contribution in [0.2, 0.25) is 0 Å². The number of ether oxygens (including phenoxy) is 2. The average Bonchev–Trinajstić information content (AvgIpc) is 3.27. The number of amides is 2. The van der Waals surface area contributed by atoms with Gasteiger partial charge in [-0.1, -0.05) is 13.8 Å². The molecule has 1 saturated heterocycles. The van der Waals surface area contributed by atoms with Crippen molar-refractivity contribution in [3.8, 4) is 0 Å². The SMILES string of the molecule is COCC(=O)N(CC(=O)N(Cc1ccco1)C[C@H]1CCCO1)CC(C)C. The van der Waals surface area contributed by atoms with E-state index in [0.29, 0.717) is 19.6 Å². The van der Waals surface area contributed by atoms with E-state index in [-0.39, 0.29) is 37.0 Å². The standard InChI is InChI=1S/C19H30N2O5/c1-15(2)10-20(19(23)14-24-3)13-18(22)21(11-16-6-4-8-25-16)12-17-7-5-9-26-17/h4,6,8,15,17H,5,7,9-14H2,1-3H3/t17-/m1/s1. The van der Waals surface area contributed by atoms with Gasteiger partial charge in [0.1, 0.15) is 12.4 Å². The third-order valence-electron chi connectivity index (χ3n) is 4.26. The van der Waals surface area contributed by atoms with Crippen LogP contribution in [0.15, 0.2) is 22.8 Å². The monoisotopic (exact) mass is 366 g/mol. The Bertz CT molecular complexity index is 552. The van der Waals surface area contributed by atoms with Gasteiger partial charge in [-0.05, 0) is 30.9 Å². The van der Waals surface area contributed by atoms with Crippen LogP contribution < -0.4 is 0 Å². The topological polar surface area (TPSA) is 72.2 Å². The first-order valence-corrected chi connectivity index (χ1v) is 9.18. The fourth-order valence-corrected chi connectivity index (χ4v) is 3.05. The van der Waals surface area contributed by atoms with Gasteiger partial charge in [-0.15, -0.1) is 0 Å². The van der Waals surface area contributed by atoms with E-state index in [0.717, 1.165) is 25.2 Å². The number of rotatable bonds is 10. The maximum absolute atomic E-state index is 13.0. The van der Waals surface area contributed by atoms with E-state index in [2.05, 4.69) is 0 Å². The third-order valence-corrected chi connectivity index (χ3v) is 4.26. The van der Waals surface area contributed by atoms with Gasteiger partial charge in [0.25, 0.3) is 0 Å². The number of carbonyl (C=O) groups excluding carboxylic acids is 2. The molecule has 0 aliphatic carbocycles. The van der Waals surface area contributed by atoms with Crippen LogP contribution in [0.4, 0.5) is 0 Å². The fraction of sp³-hybridized carbons (Fsp3) is 0.684. The molecule has 0 N–H and O–H groups in total. The molecule has 2 amide bonds. The van der Waals surface area contributed by atoms with Crippen molar-refractivity contribution in [2.75, 3.05) is 40.0 Å². The van der Waals surface area contributed by atoms with Crippen LogP contribution in [0, 0.1) is 5.92 Å². The van der Waals surface area contributed by atoms with Gasteiger partial charge in [0, 0.05) is 26.8 Å². The molecule has 0 bridgehead atoms. The first-order chi connectivity index (χ1) is 12.5. The van der Waals surface area contributed by atoms with Crippen molar-refractivity contribution in [1.29, 1.82) is 0 Å². The lowest BCUT2D eigenvalue weighted by Gasteiger charge is -2.29. The first kappa shape index (κ1) is 20.5. The number of methoxy groups -OCH3 is 1. The normalized spacial score (nSPS) is 16.8. The largest absolute Gasteiger partial charge is 0.467 e. The van der Waals surface area contributed by atoms with Gasteiger partial charge in [0.05, 0.1) is 25.5 Å². The van der Waals surface area contributed by atoms with E-state index >= 15 is 0 Å². The number of carbonyl (C=O) groups is 2. The number of furan rings is 1. The zero-order valence-electron chi connectivity index (χ0n) is 16.0. The average molecular weight is 366 g/mol. The van der Waals surface area contributed by atoms with Crippen LogP contribution in [0.5, 0.6) is 0 Å². The van der Waals surface area contributed by atoms with Crippen molar-refractivity contribution in [2.45, 2.75) is 39.3 Å². The Labute approximate surface area is 155 Å². The van der Waals surface area contributed by atoms with E-state index in [4.69, 9.17) is 13.9 Å². The van der Waals surface area contributed by atoms with Crippen molar-refractivity contribution in [3.63, 3.8) is 0 Å². The zero-order chi connectivity index (χ0) is 18.9. The molecule has 0 saturated carbocycles. The lowest BCUT2D eigenvalue weighted by molar-refractivity contribution is -0.144. The van der Waals surface area contributed by atoms with Crippen molar-refractivity contribution < 1.29 is 23.5 Å².